The second kappa shape index (κ2) is 7.16. The first-order valence-electron chi connectivity index (χ1n) is 9.35. The van der Waals surface area contributed by atoms with Gasteiger partial charge in [-0.15, -0.1) is 0 Å². The van der Waals surface area contributed by atoms with Gasteiger partial charge in [-0.1, -0.05) is 66.7 Å². The molecule has 0 unspecified atom stereocenters. The number of rotatable bonds is 4. The van der Waals surface area contributed by atoms with Gasteiger partial charge in [0.15, 0.2) is 5.82 Å². The second-order valence-corrected chi connectivity index (χ2v) is 6.71. The van der Waals surface area contributed by atoms with Crippen molar-refractivity contribution < 1.29 is 0 Å². The van der Waals surface area contributed by atoms with Crippen LogP contribution in [-0.2, 0) is 0 Å². The molecule has 0 radical (unpaired) electrons. The van der Waals surface area contributed by atoms with E-state index in [1.165, 1.54) is 5.56 Å². The molecule has 5 rings (SSSR count). The number of hydrogen-bond donors (Lipinski definition) is 2. The molecule has 0 saturated heterocycles. The van der Waals surface area contributed by atoms with E-state index in [1.807, 2.05) is 49.4 Å². The minimum absolute atomic E-state index is 0.553. The molecule has 140 valence electrons. The molecule has 0 saturated carbocycles. The average molecular weight is 378 g/mol. The third-order valence-electron chi connectivity index (χ3n) is 4.69. The molecule has 6 heteroatoms. The van der Waals surface area contributed by atoms with Crippen molar-refractivity contribution in [3.8, 4) is 22.5 Å². The summed E-state index contributed by atoms with van der Waals surface area (Å²) in [4.78, 5) is 13.8. The molecule has 6 nitrogen and oxygen atoms in total. The number of aromatic amines is 1. The monoisotopic (exact) mass is 378 g/mol. The fourth-order valence-corrected chi connectivity index (χ4v) is 3.26. The van der Waals surface area contributed by atoms with E-state index in [1.54, 1.807) is 0 Å². The zero-order valence-electron chi connectivity index (χ0n) is 15.8. The van der Waals surface area contributed by atoms with Crippen LogP contribution < -0.4 is 5.32 Å². The lowest BCUT2D eigenvalue weighted by Crippen LogP contribution is -2.00. The number of aromatic nitrogens is 5. The zero-order chi connectivity index (χ0) is 19.6. The number of para-hydroxylation sites is 1. The van der Waals surface area contributed by atoms with E-state index in [4.69, 9.17) is 9.97 Å². The molecule has 0 atom stereocenters. The van der Waals surface area contributed by atoms with E-state index in [2.05, 4.69) is 56.9 Å². The average Bonchev–Trinajstić information content (AvgIpc) is 3.19. The van der Waals surface area contributed by atoms with Gasteiger partial charge in [0, 0.05) is 10.9 Å². The van der Waals surface area contributed by atoms with Crippen molar-refractivity contribution >= 4 is 22.7 Å². The number of anilines is 2. The molecule has 2 aromatic heterocycles. The standard InChI is InChI=1S/C23H18N6/c1-15-24-23(29-28-15)27-22-19-9-5-6-10-20(19)25-21(26-22)18-13-11-17(12-14-18)16-7-3-2-4-8-16/h2-14H,1H3,(H2,24,25,26,27,28,29). The molecular weight excluding hydrogens is 360 g/mol. The van der Waals surface area contributed by atoms with E-state index in [-0.39, 0.29) is 0 Å². The highest BCUT2D eigenvalue weighted by molar-refractivity contribution is 5.91. The van der Waals surface area contributed by atoms with Crippen LogP contribution in [0, 0.1) is 6.92 Å². The van der Waals surface area contributed by atoms with Gasteiger partial charge in [-0.05, 0) is 30.2 Å². The lowest BCUT2D eigenvalue weighted by atomic mass is 10.0. The first kappa shape index (κ1) is 17.1. The molecule has 0 aliphatic carbocycles. The smallest absolute Gasteiger partial charge is 0.224 e. The Morgan fingerprint density at radius 1 is 0.690 bits per heavy atom. The molecule has 0 aliphatic rings. The lowest BCUT2D eigenvalue weighted by Gasteiger charge is -2.10. The number of nitrogens with zero attached hydrogens (tertiary/aromatic N) is 4. The van der Waals surface area contributed by atoms with E-state index < -0.39 is 0 Å². The summed E-state index contributed by atoms with van der Waals surface area (Å²) >= 11 is 0. The third-order valence-corrected chi connectivity index (χ3v) is 4.69. The highest BCUT2D eigenvalue weighted by Gasteiger charge is 2.11. The molecule has 5 aromatic rings. The maximum atomic E-state index is 4.77. The topological polar surface area (TPSA) is 79.4 Å². The Balaban J connectivity index is 1.56. The van der Waals surface area contributed by atoms with Crippen LogP contribution in [0.15, 0.2) is 78.9 Å². The summed E-state index contributed by atoms with van der Waals surface area (Å²) in [5, 5.41) is 11.1. The van der Waals surface area contributed by atoms with Crippen LogP contribution in [0.1, 0.15) is 5.82 Å². The third kappa shape index (κ3) is 3.43. The molecular formula is C23H18N6. The van der Waals surface area contributed by atoms with E-state index >= 15 is 0 Å². The molecule has 2 heterocycles. The van der Waals surface area contributed by atoms with Gasteiger partial charge in [0.2, 0.25) is 5.95 Å². The van der Waals surface area contributed by atoms with Crippen LogP contribution in [0.3, 0.4) is 0 Å². The number of benzene rings is 3. The molecule has 0 fully saturated rings. The maximum Gasteiger partial charge on any atom is 0.224 e. The quantitative estimate of drug-likeness (QED) is 0.453. The zero-order valence-corrected chi connectivity index (χ0v) is 15.8. The molecule has 0 spiro atoms. The predicted molar refractivity (Wildman–Crippen MR) is 115 cm³/mol. The van der Waals surface area contributed by atoms with Crippen LogP contribution in [0.5, 0.6) is 0 Å². The van der Waals surface area contributed by atoms with Crippen molar-refractivity contribution in [3.63, 3.8) is 0 Å². The highest BCUT2D eigenvalue weighted by atomic mass is 15.3. The van der Waals surface area contributed by atoms with Gasteiger partial charge in [0.05, 0.1) is 5.52 Å². The Hall–Kier alpha value is -4.06. The van der Waals surface area contributed by atoms with Gasteiger partial charge in [0.1, 0.15) is 11.6 Å². The van der Waals surface area contributed by atoms with Gasteiger partial charge in [-0.2, -0.15) is 10.1 Å². The SMILES string of the molecule is Cc1n[nH]c(Nc2nc(-c3ccc(-c4ccccc4)cc3)nc3ccccc23)n1. The van der Waals surface area contributed by atoms with Crippen LogP contribution in [-0.4, -0.2) is 25.1 Å². The Kier molecular flexibility index (Phi) is 4.22. The summed E-state index contributed by atoms with van der Waals surface area (Å²) in [7, 11) is 0. The molecule has 3 aromatic carbocycles. The maximum absolute atomic E-state index is 4.77. The summed E-state index contributed by atoms with van der Waals surface area (Å²) in [6, 6.07) is 26.5. The Morgan fingerprint density at radius 2 is 1.38 bits per heavy atom. The van der Waals surface area contributed by atoms with E-state index in [9.17, 15) is 0 Å². The largest absolute Gasteiger partial charge is 0.309 e. The van der Waals surface area contributed by atoms with Crippen LogP contribution >= 0.6 is 0 Å². The van der Waals surface area contributed by atoms with Gasteiger partial charge >= 0.3 is 0 Å². The van der Waals surface area contributed by atoms with Gasteiger partial charge in [-0.3, -0.25) is 0 Å². The second-order valence-electron chi connectivity index (χ2n) is 6.71. The fourth-order valence-electron chi connectivity index (χ4n) is 3.26. The fraction of sp³-hybridized carbons (Fsp3) is 0.0435. The summed E-state index contributed by atoms with van der Waals surface area (Å²) < 4.78 is 0. The first-order valence-corrected chi connectivity index (χ1v) is 9.35. The summed E-state index contributed by atoms with van der Waals surface area (Å²) in [5.41, 5.74) is 4.16. The molecule has 0 bridgehead atoms. The molecule has 0 amide bonds. The van der Waals surface area contributed by atoms with Crippen LogP contribution in [0.2, 0.25) is 0 Å². The first-order chi connectivity index (χ1) is 14.3. The predicted octanol–water partition coefficient (Wildman–Crippen LogP) is 5.13. The van der Waals surface area contributed by atoms with Crippen LogP contribution in [0.4, 0.5) is 11.8 Å². The summed E-state index contributed by atoms with van der Waals surface area (Å²) in [6.45, 7) is 1.83. The Morgan fingerprint density at radius 3 is 2.14 bits per heavy atom. The summed E-state index contributed by atoms with van der Waals surface area (Å²) in [6.07, 6.45) is 0. The van der Waals surface area contributed by atoms with Crippen molar-refractivity contribution in [3.05, 3.63) is 84.7 Å². The summed E-state index contributed by atoms with van der Waals surface area (Å²) in [5.74, 6) is 2.57. The van der Waals surface area contributed by atoms with Crippen molar-refractivity contribution in [1.29, 1.82) is 0 Å². The van der Waals surface area contributed by atoms with Crippen molar-refractivity contribution in [2.45, 2.75) is 6.92 Å². The van der Waals surface area contributed by atoms with Crippen LogP contribution in [0.25, 0.3) is 33.4 Å². The lowest BCUT2D eigenvalue weighted by molar-refractivity contribution is 1.04. The van der Waals surface area contributed by atoms with Gasteiger partial charge in [-0.25, -0.2) is 15.1 Å². The highest BCUT2D eigenvalue weighted by Crippen LogP contribution is 2.28. The number of H-pyrrole nitrogens is 1. The van der Waals surface area contributed by atoms with E-state index in [0.717, 1.165) is 22.0 Å². The number of aryl methyl sites for hydroxylation is 1. The van der Waals surface area contributed by atoms with Crippen molar-refractivity contribution in [2.75, 3.05) is 5.32 Å². The Labute approximate surface area is 167 Å². The van der Waals surface area contributed by atoms with Gasteiger partial charge in [0.25, 0.3) is 0 Å². The van der Waals surface area contributed by atoms with Crippen molar-refractivity contribution in [1.82, 2.24) is 25.1 Å². The van der Waals surface area contributed by atoms with Gasteiger partial charge < -0.3 is 5.32 Å². The number of nitrogens with one attached hydrogen (secondary N) is 2. The minimum atomic E-state index is 0.553. The Bertz CT molecular complexity index is 1280. The number of hydrogen-bond acceptors (Lipinski definition) is 5. The molecule has 29 heavy (non-hydrogen) atoms. The normalized spacial score (nSPS) is 10.9. The number of fused-ring (bicyclic) bond motifs is 1. The van der Waals surface area contributed by atoms with Crippen molar-refractivity contribution in [2.24, 2.45) is 0 Å². The van der Waals surface area contributed by atoms with E-state index in [0.29, 0.717) is 23.4 Å². The minimum Gasteiger partial charge on any atom is -0.309 e. The molecule has 2 N–H and O–H groups in total. The molecule has 0 aliphatic heterocycles.